The summed E-state index contributed by atoms with van der Waals surface area (Å²) in [4.78, 5) is 24.7. The first-order valence-electron chi connectivity index (χ1n) is 5.25. The Morgan fingerprint density at radius 3 is 2.40 bits per heavy atom. The van der Waals surface area contributed by atoms with Crippen LogP contribution < -0.4 is 0 Å². The fourth-order valence-electron chi connectivity index (χ4n) is 1.52. The number of nitrogens with zero attached hydrogens (tertiary/aromatic N) is 1. The van der Waals surface area contributed by atoms with Crippen molar-refractivity contribution in [1.29, 1.82) is 0 Å². The normalized spacial score (nSPS) is 22.1. The van der Waals surface area contributed by atoms with Gasteiger partial charge in [-0.2, -0.15) is 0 Å². The monoisotopic (exact) mass is 213 g/mol. The molecule has 0 spiro atoms. The van der Waals surface area contributed by atoms with E-state index in [9.17, 15) is 9.59 Å². The van der Waals surface area contributed by atoms with Crippen molar-refractivity contribution in [1.82, 2.24) is 4.90 Å². The molecule has 1 saturated heterocycles. The zero-order chi connectivity index (χ0) is 11.8. The second-order valence-electron chi connectivity index (χ2n) is 5.31. The SMILES string of the molecule is CC(C)C1COC(=O)N1C(=O)C(C)(C)C. The Labute approximate surface area is 90.6 Å². The van der Waals surface area contributed by atoms with Crippen LogP contribution in [0.25, 0.3) is 0 Å². The summed E-state index contributed by atoms with van der Waals surface area (Å²) in [5.41, 5.74) is -0.545. The maximum Gasteiger partial charge on any atom is 0.417 e. The molecule has 0 N–H and O–H groups in total. The standard InChI is InChI=1S/C11H19NO3/c1-7(2)8-6-15-10(14)12(8)9(13)11(3,4)5/h7-8H,6H2,1-5H3. The topological polar surface area (TPSA) is 46.6 Å². The third-order valence-corrected chi connectivity index (χ3v) is 2.54. The van der Waals surface area contributed by atoms with E-state index in [4.69, 9.17) is 4.74 Å². The van der Waals surface area contributed by atoms with Crippen LogP contribution in [0.3, 0.4) is 0 Å². The lowest BCUT2D eigenvalue weighted by Gasteiger charge is -2.28. The highest BCUT2D eigenvalue weighted by atomic mass is 16.6. The van der Waals surface area contributed by atoms with Crippen LogP contribution >= 0.6 is 0 Å². The molecular weight excluding hydrogens is 194 g/mol. The minimum atomic E-state index is -0.545. The minimum Gasteiger partial charge on any atom is -0.447 e. The predicted octanol–water partition coefficient (Wildman–Crippen LogP) is 2.04. The van der Waals surface area contributed by atoms with Crippen LogP contribution in [0.5, 0.6) is 0 Å². The summed E-state index contributed by atoms with van der Waals surface area (Å²) in [5.74, 6) is 0.0615. The van der Waals surface area contributed by atoms with Gasteiger partial charge in [0.1, 0.15) is 6.61 Å². The molecule has 1 aliphatic rings. The van der Waals surface area contributed by atoms with Crippen molar-refractivity contribution < 1.29 is 14.3 Å². The van der Waals surface area contributed by atoms with Gasteiger partial charge in [0.15, 0.2) is 0 Å². The molecule has 1 aliphatic heterocycles. The van der Waals surface area contributed by atoms with Crippen molar-refractivity contribution in [2.24, 2.45) is 11.3 Å². The lowest BCUT2D eigenvalue weighted by Crippen LogP contribution is -2.46. The fourth-order valence-corrected chi connectivity index (χ4v) is 1.52. The van der Waals surface area contributed by atoms with Gasteiger partial charge in [0, 0.05) is 5.41 Å². The van der Waals surface area contributed by atoms with Gasteiger partial charge >= 0.3 is 6.09 Å². The van der Waals surface area contributed by atoms with E-state index in [-0.39, 0.29) is 17.9 Å². The molecule has 86 valence electrons. The van der Waals surface area contributed by atoms with Gasteiger partial charge in [-0.3, -0.25) is 4.79 Å². The fraction of sp³-hybridized carbons (Fsp3) is 0.818. The zero-order valence-electron chi connectivity index (χ0n) is 10.0. The van der Waals surface area contributed by atoms with Gasteiger partial charge in [-0.25, -0.2) is 9.69 Å². The van der Waals surface area contributed by atoms with Gasteiger partial charge in [-0.05, 0) is 5.92 Å². The average molecular weight is 213 g/mol. The van der Waals surface area contributed by atoms with Crippen molar-refractivity contribution >= 4 is 12.0 Å². The number of ether oxygens (including phenoxy) is 1. The summed E-state index contributed by atoms with van der Waals surface area (Å²) < 4.78 is 4.92. The molecule has 2 amide bonds. The quantitative estimate of drug-likeness (QED) is 0.669. The summed E-state index contributed by atoms with van der Waals surface area (Å²) in [6.45, 7) is 9.69. The maximum absolute atomic E-state index is 12.0. The van der Waals surface area contributed by atoms with E-state index >= 15 is 0 Å². The van der Waals surface area contributed by atoms with Gasteiger partial charge in [0.25, 0.3) is 0 Å². The van der Waals surface area contributed by atoms with Crippen molar-refractivity contribution in [2.45, 2.75) is 40.7 Å². The highest BCUT2D eigenvalue weighted by Crippen LogP contribution is 2.26. The Balaban J connectivity index is 2.91. The first-order valence-corrected chi connectivity index (χ1v) is 5.25. The summed E-state index contributed by atoms with van der Waals surface area (Å²) in [7, 11) is 0. The Morgan fingerprint density at radius 2 is 2.00 bits per heavy atom. The van der Waals surface area contributed by atoms with E-state index in [2.05, 4.69) is 0 Å². The molecular formula is C11H19NO3. The van der Waals surface area contributed by atoms with Crippen molar-refractivity contribution in [3.05, 3.63) is 0 Å². The highest BCUT2D eigenvalue weighted by molar-refractivity contribution is 5.96. The molecule has 0 saturated carbocycles. The van der Waals surface area contributed by atoms with Crippen molar-refractivity contribution in [3.8, 4) is 0 Å². The van der Waals surface area contributed by atoms with Crippen LogP contribution in [0, 0.1) is 11.3 Å². The molecule has 0 bridgehead atoms. The summed E-state index contributed by atoms with van der Waals surface area (Å²) in [6, 6.07) is -0.121. The number of cyclic esters (lactones) is 1. The van der Waals surface area contributed by atoms with E-state index in [1.807, 2.05) is 13.8 Å². The van der Waals surface area contributed by atoms with Crippen LogP contribution in [0.15, 0.2) is 0 Å². The third-order valence-electron chi connectivity index (χ3n) is 2.54. The number of imide groups is 1. The minimum absolute atomic E-state index is 0.121. The van der Waals surface area contributed by atoms with Crippen LogP contribution in [0.4, 0.5) is 4.79 Å². The maximum atomic E-state index is 12.0. The lowest BCUT2D eigenvalue weighted by molar-refractivity contribution is -0.137. The summed E-state index contributed by atoms with van der Waals surface area (Å²) in [5, 5.41) is 0. The molecule has 0 aromatic heterocycles. The number of hydrogen-bond acceptors (Lipinski definition) is 3. The first-order chi connectivity index (χ1) is 6.75. The van der Waals surface area contributed by atoms with E-state index in [1.54, 1.807) is 20.8 Å². The van der Waals surface area contributed by atoms with Crippen LogP contribution in [0.2, 0.25) is 0 Å². The molecule has 1 atom stereocenters. The average Bonchev–Trinajstić information content (AvgIpc) is 2.44. The first kappa shape index (κ1) is 12.0. The molecule has 0 aromatic rings. The van der Waals surface area contributed by atoms with Crippen LogP contribution in [0.1, 0.15) is 34.6 Å². The largest absolute Gasteiger partial charge is 0.447 e. The molecule has 4 heteroatoms. The Morgan fingerprint density at radius 1 is 1.47 bits per heavy atom. The van der Waals surface area contributed by atoms with Gasteiger partial charge in [0.05, 0.1) is 6.04 Å². The predicted molar refractivity (Wildman–Crippen MR) is 56.3 cm³/mol. The van der Waals surface area contributed by atoms with E-state index in [0.29, 0.717) is 6.61 Å². The molecule has 0 aliphatic carbocycles. The van der Waals surface area contributed by atoms with Gasteiger partial charge in [-0.15, -0.1) is 0 Å². The molecule has 15 heavy (non-hydrogen) atoms. The van der Waals surface area contributed by atoms with Gasteiger partial charge in [-0.1, -0.05) is 34.6 Å². The lowest BCUT2D eigenvalue weighted by atomic mass is 9.93. The second kappa shape index (κ2) is 3.83. The number of amides is 2. The molecule has 0 aromatic carbocycles. The molecule has 1 heterocycles. The Bertz CT molecular complexity index is 278. The highest BCUT2D eigenvalue weighted by Gasteiger charge is 2.43. The van der Waals surface area contributed by atoms with Gasteiger partial charge < -0.3 is 4.74 Å². The third kappa shape index (κ3) is 2.30. The molecule has 4 nitrogen and oxygen atoms in total. The molecule has 1 fully saturated rings. The van der Waals surface area contributed by atoms with Crippen LogP contribution in [-0.4, -0.2) is 29.5 Å². The zero-order valence-corrected chi connectivity index (χ0v) is 10.0. The second-order valence-corrected chi connectivity index (χ2v) is 5.31. The van der Waals surface area contributed by atoms with Gasteiger partial charge in [0.2, 0.25) is 5.91 Å². The smallest absolute Gasteiger partial charge is 0.417 e. The van der Waals surface area contributed by atoms with Crippen molar-refractivity contribution in [3.63, 3.8) is 0 Å². The van der Waals surface area contributed by atoms with E-state index in [1.165, 1.54) is 4.90 Å². The molecule has 1 rings (SSSR count). The van der Waals surface area contributed by atoms with E-state index in [0.717, 1.165) is 0 Å². The summed E-state index contributed by atoms with van der Waals surface area (Å²) >= 11 is 0. The van der Waals surface area contributed by atoms with Crippen LogP contribution in [-0.2, 0) is 9.53 Å². The molecule has 1 unspecified atom stereocenters. The number of rotatable bonds is 1. The van der Waals surface area contributed by atoms with E-state index < -0.39 is 11.5 Å². The number of carbonyl (C=O) groups excluding carboxylic acids is 2. The number of carbonyl (C=O) groups is 2. The Kier molecular flexibility index (Phi) is 3.07. The number of hydrogen-bond donors (Lipinski definition) is 0. The Hall–Kier alpha value is -1.06. The van der Waals surface area contributed by atoms with Crippen molar-refractivity contribution in [2.75, 3.05) is 6.61 Å². The summed E-state index contributed by atoms with van der Waals surface area (Å²) in [6.07, 6.45) is -0.506. The molecule has 0 radical (unpaired) electrons.